The van der Waals surface area contributed by atoms with Crippen LogP contribution in [0.5, 0.6) is 5.75 Å². The lowest BCUT2D eigenvalue weighted by molar-refractivity contribution is 0.104. The highest BCUT2D eigenvalue weighted by molar-refractivity contribution is 6.04. The third-order valence-electron chi connectivity index (χ3n) is 3.07. The van der Waals surface area contributed by atoms with Gasteiger partial charge < -0.3 is 14.9 Å². The maximum atomic E-state index is 11.9. The summed E-state index contributed by atoms with van der Waals surface area (Å²) in [7, 11) is 1.54. The van der Waals surface area contributed by atoms with Crippen LogP contribution in [0.25, 0.3) is 0 Å². The molecule has 0 spiro atoms. The van der Waals surface area contributed by atoms with Crippen molar-refractivity contribution in [2.45, 2.75) is 6.10 Å². The number of rotatable bonds is 4. The molecule has 1 aromatic carbocycles. The van der Waals surface area contributed by atoms with Crippen molar-refractivity contribution in [2.24, 2.45) is 5.92 Å². The molecule has 0 aliphatic heterocycles. The summed E-state index contributed by atoms with van der Waals surface area (Å²) in [4.78, 5) is 11.9. The Hall–Kier alpha value is -2.33. The fraction of sp³-hybridized carbons (Fsp3) is 0.188. The first-order valence-corrected chi connectivity index (χ1v) is 6.24. The van der Waals surface area contributed by atoms with E-state index in [2.05, 4.69) is 0 Å². The second kappa shape index (κ2) is 6.21. The molecule has 2 rings (SSSR count). The zero-order valence-corrected chi connectivity index (χ0v) is 11.1. The molecule has 0 saturated heterocycles. The molecule has 1 aliphatic rings. The van der Waals surface area contributed by atoms with Crippen molar-refractivity contribution in [3.05, 3.63) is 66.0 Å². The zero-order chi connectivity index (χ0) is 14.5. The van der Waals surface area contributed by atoms with E-state index < -0.39 is 6.10 Å². The molecule has 0 amide bonds. The number of carbonyl (C=O) groups is 1. The standard InChI is InChI=1S/C16H16O4/c1-20-14-8-4-12(16(19)10-14)5-9-15(18)11-2-6-13(17)7-3-11/h2-10,12,16-17,19H,1H3. The summed E-state index contributed by atoms with van der Waals surface area (Å²) in [6.45, 7) is 0. The number of aliphatic hydroxyl groups excluding tert-OH is 1. The van der Waals surface area contributed by atoms with E-state index in [1.807, 2.05) is 0 Å². The number of allylic oxidation sites excluding steroid dienone is 2. The number of hydrogen-bond acceptors (Lipinski definition) is 4. The second-order valence-corrected chi connectivity index (χ2v) is 4.47. The molecular formula is C16H16O4. The predicted octanol–water partition coefficient (Wildman–Crippen LogP) is 2.21. The van der Waals surface area contributed by atoms with Crippen molar-refractivity contribution in [3.8, 4) is 5.75 Å². The number of ether oxygens (including phenoxy) is 1. The number of hydrogen-bond donors (Lipinski definition) is 2. The van der Waals surface area contributed by atoms with Crippen molar-refractivity contribution in [1.29, 1.82) is 0 Å². The highest BCUT2D eigenvalue weighted by atomic mass is 16.5. The van der Waals surface area contributed by atoms with E-state index in [4.69, 9.17) is 9.84 Å². The normalized spacial score (nSPS) is 21.8. The van der Waals surface area contributed by atoms with Gasteiger partial charge in [0, 0.05) is 11.5 Å². The molecular weight excluding hydrogens is 256 g/mol. The van der Waals surface area contributed by atoms with Crippen LogP contribution in [-0.4, -0.2) is 29.2 Å². The van der Waals surface area contributed by atoms with Gasteiger partial charge in [0.25, 0.3) is 0 Å². The third-order valence-corrected chi connectivity index (χ3v) is 3.07. The van der Waals surface area contributed by atoms with Gasteiger partial charge in [0.1, 0.15) is 11.5 Å². The summed E-state index contributed by atoms with van der Waals surface area (Å²) < 4.78 is 5.02. The van der Waals surface area contributed by atoms with E-state index in [0.717, 1.165) is 0 Å². The molecule has 2 atom stereocenters. The third kappa shape index (κ3) is 3.36. The van der Waals surface area contributed by atoms with Gasteiger partial charge in [-0.2, -0.15) is 0 Å². The van der Waals surface area contributed by atoms with Gasteiger partial charge in [-0.25, -0.2) is 0 Å². The van der Waals surface area contributed by atoms with E-state index in [1.165, 1.54) is 25.3 Å². The Labute approximate surface area is 117 Å². The molecule has 1 aromatic rings. The van der Waals surface area contributed by atoms with Crippen LogP contribution in [-0.2, 0) is 4.74 Å². The van der Waals surface area contributed by atoms with Crippen LogP contribution < -0.4 is 0 Å². The lowest BCUT2D eigenvalue weighted by Crippen LogP contribution is -2.18. The minimum absolute atomic E-state index is 0.119. The zero-order valence-electron chi connectivity index (χ0n) is 11.1. The van der Waals surface area contributed by atoms with E-state index in [-0.39, 0.29) is 17.5 Å². The maximum absolute atomic E-state index is 11.9. The van der Waals surface area contributed by atoms with Crippen LogP contribution in [0, 0.1) is 5.92 Å². The lowest BCUT2D eigenvalue weighted by Gasteiger charge is -2.18. The SMILES string of the molecule is COC1=CC(O)C(C=CC(=O)c2ccc(O)cc2)C=C1. The number of carbonyl (C=O) groups excluding carboxylic acids is 1. The Bertz CT molecular complexity index is 567. The fourth-order valence-electron chi connectivity index (χ4n) is 1.89. The number of phenolic OH excluding ortho intramolecular Hbond substituents is 1. The van der Waals surface area contributed by atoms with Crippen LogP contribution in [0.1, 0.15) is 10.4 Å². The highest BCUT2D eigenvalue weighted by Gasteiger charge is 2.16. The molecule has 2 unspecified atom stereocenters. The molecule has 4 heteroatoms. The van der Waals surface area contributed by atoms with Gasteiger partial charge in [-0.05, 0) is 42.5 Å². The summed E-state index contributed by atoms with van der Waals surface area (Å²) in [6.07, 6.45) is 7.51. The first kappa shape index (κ1) is 14.1. The van der Waals surface area contributed by atoms with Crippen LogP contribution in [0.2, 0.25) is 0 Å². The van der Waals surface area contributed by atoms with Gasteiger partial charge in [0.05, 0.1) is 13.2 Å². The van der Waals surface area contributed by atoms with E-state index in [0.29, 0.717) is 11.3 Å². The first-order chi connectivity index (χ1) is 9.60. The van der Waals surface area contributed by atoms with Gasteiger partial charge >= 0.3 is 0 Å². The minimum atomic E-state index is -0.709. The van der Waals surface area contributed by atoms with Gasteiger partial charge in [0.15, 0.2) is 5.78 Å². The van der Waals surface area contributed by atoms with Crippen LogP contribution in [0.4, 0.5) is 0 Å². The molecule has 104 valence electrons. The van der Waals surface area contributed by atoms with Crippen LogP contribution in [0.15, 0.2) is 60.4 Å². The topological polar surface area (TPSA) is 66.8 Å². The van der Waals surface area contributed by atoms with Gasteiger partial charge in [0.2, 0.25) is 0 Å². The first-order valence-electron chi connectivity index (χ1n) is 6.24. The Morgan fingerprint density at radius 3 is 2.60 bits per heavy atom. The van der Waals surface area contributed by atoms with Crippen LogP contribution >= 0.6 is 0 Å². The summed E-state index contributed by atoms with van der Waals surface area (Å²) >= 11 is 0. The van der Waals surface area contributed by atoms with Gasteiger partial charge in [-0.3, -0.25) is 4.79 Å². The molecule has 0 bridgehead atoms. The number of phenols is 1. The lowest BCUT2D eigenvalue weighted by atomic mass is 9.95. The molecule has 0 heterocycles. The second-order valence-electron chi connectivity index (χ2n) is 4.47. The van der Waals surface area contributed by atoms with Crippen molar-refractivity contribution >= 4 is 5.78 Å². The maximum Gasteiger partial charge on any atom is 0.185 e. The number of benzene rings is 1. The van der Waals surface area contributed by atoms with Crippen molar-refractivity contribution < 1.29 is 19.7 Å². The number of aromatic hydroxyl groups is 1. The summed E-state index contributed by atoms with van der Waals surface area (Å²) in [5.41, 5.74) is 0.487. The Morgan fingerprint density at radius 1 is 1.30 bits per heavy atom. The van der Waals surface area contributed by atoms with Gasteiger partial charge in [-0.1, -0.05) is 12.2 Å². The predicted molar refractivity (Wildman–Crippen MR) is 75.3 cm³/mol. The average molecular weight is 272 g/mol. The largest absolute Gasteiger partial charge is 0.508 e. The molecule has 1 aliphatic carbocycles. The number of methoxy groups -OCH3 is 1. The minimum Gasteiger partial charge on any atom is -0.508 e. The molecule has 0 fully saturated rings. The fourth-order valence-corrected chi connectivity index (χ4v) is 1.89. The monoisotopic (exact) mass is 272 g/mol. The summed E-state index contributed by atoms with van der Waals surface area (Å²) in [5.74, 6) is 0.294. The Kier molecular flexibility index (Phi) is 4.38. The van der Waals surface area contributed by atoms with Crippen molar-refractivity contribution in [2.75, 3.05) is 7.11 Å². The van der Waals surface area contributed by atoms with E-state index >= 15 is 0 Å². The van der Waals surface area contributed by atoms with E-state index in [1.54, 1.807) is 36.4 Å². The molecule has 0 aromatic heterocycles. The van der Waals surface area contributed by atoms with Crippen molar-refractivity contribution in [1.82, 2.24) is 0 Å². The quantitative estimate of drug-likeness (QED) is 0.651. The van der Waals surface area contributed by atoms with Crippen LogP contribution in [0.3, 0.4) is 0 Å². The summed E-state index contributed by atoms with van der Waals surface area (Å²) in [5, 5.41) is 19.1. The molecule has 0 radical (unpaired) electrons. The smallest absolute Gasteiger partial charge is 0.185 e. The Balaban J connectivity index is 2.03. The molecule has 20 heavy (non-hydrogen) atoms. The molecule has 2 N–H and O–H groups in total. The Morgan fingerprint density at radius 2 is 2.00 bits per heavy atom. The highest BCUT2D eigenvalue weighted by Crippen LogP contribution is 2.19. The van der Waals surface area contributed by atoms with Crippen molar-refractivity contribution in [3.63, 3.8) is 0 Å². The molecule has 4 nitrogen and oxygen atoms in total. The average Bonchev–Trinajstić information content (AvgIpc) is 2.46. The number of aliphatic hydroxyl groups is 1. The molecule has 0 saturated carbocycles. The van der Waals surface area contributed by atoms with Gasteiger partial charge in [-0.15, -0.1) is 0 Å². The number of ketones is 1. The summed E-state index contributed by atoms with van der Waals surface area (Å²) in [6, 6.07) is 6.03. The van der Waals surface area contributed by atoms with E-state index in [9.17, 15) is 9.90 Å².